The fraction of sp³-hybridized carbons (Fsp3) is 0.862. The Morgan fingerprint density at radius 1 is 0.438 bits per heavy atom. The maximum atomic E-state index is 12.4. The minimum absolute atomic E-state index is 0.0365. The van der Waals surface area contributed by atoms with Crippen LogP contribution >= 0.6 is 0 Å². The summed E-state index contributed by atoms with van der Waals surface area (Å²) in [6.07, 6.45) is 66.1. The molecular weight excluding hydrogens is 791 g/mol. The van der Waals surface area contributed by atoms with Gasteiger partial charge in [-0.25, -0.2) is 0 Å². The molecule has 0 aliphatic carbocycles. The first-order chi connectivity index (χ1) is 31.5. The van der Waals surface area contributed by atoms with Gasteiger partial charge in [-0.2, -0.15) is 0 Å². The normalized spacial score (nSPS) is 12.9. The van der Waals surface area contributed by atoms with E-state index in [1.165, 1.54) is 218 Å². The van der Waals surface area contributed by atoms with Crippen LogP contribution in [-0.4, -0.2) is 47.4 Å². The van der Waals surface area contributed by atoms with Crippen molar-refractivity contribution < 1.29 is 24.5 Å². The number of amides is 1. The van der Waals surface area contributed by atoms with E-state index in [1.807, 2.05) is 6.08 Å². The lowest BCUT2D eigenvalue weighted by atomic mass is 10.0. The number of carbonyl (C=O) groups is 2. The molecule has 3 N–H and O–H groups in total. The molecule has 376 valence electrons. The number of unbranched alkanes of at least 4 members (excludes halogenated alkanes) is 37. The zero-order valence-electron chi connectivity index (χ0n) is 42.8. The molecule has 0 radical (unpaired) electrons. The van der Waals surface area contributed by atoms with Gasteiger partial charge in [0.05, 0.1) is 25.4 Å². The number of hydrogen-bond acceptors (Lipinski definition) is 5. The molecule has 2 unspecified atom stereocenters. The standard InChI is InChI=1S/C58H109NO5/c1-3-5-7-9-11-13-15-16-24-27-31-34-38-42-46-50-56(61)55(54-60)59-57(62)51-47-43-39-35-32-28-25-22-20-18-17-19-21-23-26-29-33-37-41-45-49-53-64-58(63)52-48-44-40-36-30-14-12-10-8-6-4-2/h29,33,41,45-46,50,55-56,60-61H,3-28,30-32,34-40,42-44,47-49,51-54H2,1-2H3,(H,59,62)/b33-29-,45-41-,50-46+. The molecule has 0 aromatic carbocycles. The summed E-state index contributed by atoms with van der Waals surface area (Å²) in [7, 11) is 0. The Balaban J connectivity index is 3.49. The number of aliphatic hydroxyl groups excluding tert-OH is 2. The molecule has 0 spiro atoms. The third kappa shape index (κ3) is 49.5. The lowest BCUT2D eigenvalue weighted by Crippen LogP contribution is -2.45. The number of allylic oxidation sites excluding steroid dienone is 4. The van der Waals surface area contributed by atoms with Crippen LogP contribution in [0, 0.1) is 0 Å². The van der Waals surface area contributed by atoms with Crippen LogP contribution < -0.4 is 5.32 Å². The molecule has 0 aromatic rings. The minimum Gasteiger partial charge on any atom is -0.465 e. The lowest BCUT2D eigenvalue weighted by Gasteiger charge is -2.20. The molecular formula is C58H109NO5. The summed E-state index contributed by atoms with van der Waals surface area (Å²) in [4.78, 5) is 24.4. The van der Waals surface area contributed by atoms with Crippen molar-refractivity contribution in [1.82, 2.24) is 5.32 Å². The maximum absolute atomic E-state index is 12.4. The largest absolute Gasteiger partial charge is 0.465 e. The van der Waals surface area contributed by atoms with E-state index >= 15 is 0 Å². The van der Waals surface area contributed by atoms with Crippen molar-refractivity contribution in [3.8, 4) is 0 Å². The summed E-state index contributed by atoms with van der Waals surface area (Å²) >= 11 is 0. The maximum Gasteiger partial charge on any atom is 0.305 e. The van der Waals surface area contributed by atoms with Crippen LogP contribution in [0.15, 0.2) is 36.5 Å². The highest BCUT2D eigenvalue weighted by molar-refractivity contribution is 5.76. The first-order valence-electron chi connectivity index (χ1n) is 28.3. The number of hydrogen-bond donors (Lipinski definition) is 3. The van der Waals surface area contributed by atoms with Gasteiger partial charge < -0.3 is 20.3 Å². The topological polar surface area (TPSA) is 95.9 Å². The lowest BCUT2D eigenvalue weighted by molar-refractivity contribution is -0.143. The van der Waals surface area contributed by atoms with Crippen LogP contribution in [0.25, 0.3) is 0 Å². The van der Waals surface area contributed by atoms with Crippen molar-refractivity contribution in [3.63, 3.8) is 0 Å². The Bertz CT molecular complexity index is 1040. The molecule has 2 atom stereocenters. The Labute approximate surface area is 398 Å². The molecule has 0 aliphatic rings. The quantitative estimate of drug-likeness (QED) is 0.0321. The zero-order valence-corrected chi connectivity index (χ0v) is 42.8. The average molecular weight is 901 g/mol. The van der Waals surface area contributed by atoms with Crippen LogP contribution in [0.3, 0.4) is 0 Å². The second-order valence-electron chi connectivity index (χ2n) is 19.3. The van der Waals surface area contributed by atoms with Gasteiger partial charge in [0, 0.05) is 12.8 Å². The molecule has 6 heteroatoms. The van der Waals surface area contributed by atoms with E-state index in [0.29, 0.717) is 19.4 Å². The molecule has 6 nitrogen and oxygen atoms in total. The first kappa shape index (κ1) is 62.1. The van der Waals surface area contributed by atoms with Crippen molar-refractivity contribution >= 4 is 11.9 Å². The van der Waals surface area contributed by atoms with E-state index in [1.54, 1.807) is 6.08 Å². The summed E-state index contributed by atoms with van der Waals surface area (Å²) in [5.74, 6) is -0.109. The van der Waals surface area contributed by atoms with Crippen LogP contribution in [0.4, 0.5) is 0 Å². The monoisotopic (exact) mass is 900 g/mol. The van der Waals surface area contributed by atoms with E-state index in [2.05, 4.69) is 43.5 Å². The van der Waals surface area contributed by atoms with Gasteiger partial charge in [-0.1, -0.05) is 269 Å². The number of rotatable bonds is 52. The van der Waals surface area contributed by atoms with Gasteiger partial charge in [0.25, 0.3) is 0 Å². The van der Waals surface area contributed by atoms with Crippen molar-refractivity contribution in [1.29, 1.82) is 0 Å². The molecule has 1 amide bonds. The average Bonchev–Trinajstić information content (AvgIpc) is 3.29. The number of nitrogens with one attached hydrogen (secondary N) is 1. The summed E-state index contributed by atoms with van der Waals surface area (Å²) in [6, 6.07) is -0.631. The van der Waals surface area contributed by atoms with Crippen LogP contribution in [0.2, 0.25) is 0 Å². The third-order valence-corrected chi connectivity index (χ3v) is 12.9. The molecule has 64 heavy (non-hydrogen) atoms. The van der Waals surface area contributed by atoms with Crippen LogP contribution in [-0.2, 0) is 14.3 Å². The van der Waals surface area contributed by atoms with Gasteiger partial charge in [0.15, 0.2) is 0 Å². The summed E-state index contributed by atoms with van der Waals surface area (Å²) in [6.45, 7) is 4.79. The SMILES string of the molecule is CCCCCCCCCCCCCCC/C=C/C(O)C(CO)NC(=O)CCCCCCCCCCCCCCCC/C=C\C/C=C\CCOC(=O)CCCCCCCCCCCCC. The first-order valence-corrected chi connectivity index (χ1v) is 28.3. The fourth-order valence-corrected chi connectivity index (χ4v) is 8.59. The number of ether oxygens (including phenoxy) is 1. The Hall–Kier alpha value is -1.92. The summed E-state index contributed by atoms with van der Waals surface area (Å²) in [5.41, 5.74) is 0. The smallest absolute Gasteiger partial charge is 0.305 e. The Morgan fingerprint density at radius 2 is 0.781 bits per heavy atom. The van der Waals surface area contributed by atoms with Crippen LogP contribution in [0.1, 0.15) is 296 Å². The second kappa shape index (κ2) is 53.7. The van der Waals surface area contributed by atoms with E-state index in [9.17, 15) is 19.8 Å². The molecule has 0 saturated heterocycles. The van der Waals surface area contributed by atoms with Crippen LogP contribution in [0.5, 0.6) is 0 Å². The fourth-order valence-electron chi connectivity index (χ4n) is 8.59. The van der Waals surface area contributed by atoms with Crippen molar-refractivity contribution in [3.05, 3.63) is 36.5 Å². The number of esters is 1. The predicted molar refractivity (Wildman–Crippen MR) is 278 cm³/mol. The molecule has 0 aromatic heterocycles. The molecule has 0 saturated carbocycles. The van der Waals surface area contributed by atoms with E-state index < -0.39 is 12.1 Å². The van der Waals surface area contributed by atoms with Gasteiger partial charge in [-0.15, -0.1) is 0 Å². The minimum atomic E-state index is -0.847. The van der Waals surface area contributed by atoms with Gasteiger partial charge in [0.2, 0.25) is 5.91 Å². The highest BCUT2D eigenvalue weighted by Crippen LogP contribution is 2.16. The van der Waals surface area contributed by atoms with Crippen molar-refractivity contribution in [2.24, 2.45) is 0 Å². The summed E-state index contributed by atoms with van der Waals surface area (Å²) < 4.78 is 5.39. The third-order valence-electron chi connectivity index (χ3n) is 12.9. The van der Waals surface area contributed by atoms with Gasteiger partial charge in [0.1, 0.15) is 0 Å². The van der Waals surface area contributed by atoms with Gasteiger partial charge in [-0.3, -0.25) is 9.59 Å². The molecule has 0 rings (SSSR count). The molecule has 0 aliphatic heterocycles. The molecule has 0 fully saturated rings. The Morgan fingerprint density at radius 3 is 1.19 bits per heavy atom. The number of aliphatic hydroxyl groups is 2. The van der Waals surface area contributed by atoms with Gasteiger partial charge >= 0.3 is 5.97 Å². The summed E-state index contributed by atoms with van der Waals surface area (Å²) in [5, 5.41) is 23.1. The van der Waals surface area contributed by atoms with E-state index in [0.717, 1.165) is 51.4 Å². The van der Waals surface area contributed by atoms with E-state index in [-0.39, 0.29) is 18.5 Å². The zero-order chi connectivity index (χ0) is 46.5. The molecule has 0 bridgehead atoms. The number of carbonyl (C=O) groups excluding carboxylic acids is 2. The van der Waals surface area contributed by atoms with E-state index in [4.69, 9.17) is 4.74 Å². The van der Waals surface area contributed by atoms with Gasteiger partial charge in [-0.05, 0) is 51.4 Å². The van der Waals surface area contributed by atoms with Crippen molar-refractivity contribution in [2.75, 3.05) is 13.2 Å². The second-order valence-corrected chi connectivity index (χ2v) is 19.3. The highest BCUT2D eigenvalue weighted by atomic mass is 16.5. The van der Waals surface area contributed by atoms with Crippen molar-refractivity contribution in [2.45, 2.75) is 309 Å². The molecule has 0 heterocycles. The Kier molecular flexibility index (Phi) is 52.1. The highest BCUT2D eigenvalue weighted by Gasteiger charge is 2.18. The predicted octanol–water partition coefficient (Wildman–Crippen LogP) is 17.2.